The van der Waals surface area contributed by atoms with Crippen LogP contribution in [0.3, 0.4) is 0 Å². The van der Waals surface area contributed by atoms with Gasteiger partial charge < -0.3 is 25.2 Å². The minimum Gasteiger partial charge on any atom is -0.478 e. The molecule has 0 fully saturated rings. The number of benzene rings is 1. The van der Waals surface area contributed by atoms with Crippen molar-refractivity contribution < 1.29 is 38.7 Å². The van der Waals surface area contributed by atoms with Crippen LogP contribution < -0.4 is 10.6 Å². The quantitative estimate of drug-likeness (QED) is 0.230. The van der Waals surface area contributed by atoms with Gasteiger partial charge in [-0.1, -0.05) is 39.8 Å². The summed E-state index contributed by atoms with van der Waals surface area (Å²) in [6.07, 6.45) is -2.78. The number of hydrogen-bond donors (Lipinski definition) is 3. The number of methoxy groups -OCH3 is 1. The number of nitro benzene ring substituents is 1. The number of alkyl carbamates (subject to hydrolysis) is 1. The van der Waals surface area contributed by atoms with Crippen molar-refractivity contribution in [1.82, 2.24) is 10.6 Å². The van der Waals surface area contributed by atoms with Crippen LogP contribution in [0.5, 0.6) is 0 Å². The number of nitrogens with one attached hydrogen (secondary N) is 2. The molecule has 0 aliphatic rings. The van der Waals surface area contributed by atoms with Gasteiger partial charge in [-0.05, 0) is 30.7 Å². The molecule has 3 N–H and O–H groups in total. The van der Waals surface area contributed by atoms with Crippen LogP contribution in [0.1, 0.15) is 52.2 Å². The van der Waals surface area contributed by atoms with Crippen LogP contribution in [0.2, 0.25) is 0 Å². The Kier molecular flexibility index (Phi) is 10.9. The first-order chi connectivity index (χ1) is 15.9. The largest absolute Gasteiger partial charge is 0.478 e. The zero-order valence-corrected chi connectivity index (χ0v) is 19.8. The Bertz CT molecular complexity index is 901. The number of carboxylic acid groups (broad SMARTS) is 1. The second-order valence-corrected chi connectivity index (χ2v) is 8.48. The molecule has 0 spiro atoms. The lowest BCUT2D eigenvalue weighted by atomic mass is 10.0. The number of nitrogens with zero attached hydrogens (tertiary/aromatic N) is 1. The summed E-state index contributed by atoms with van der Waals surface area (Å²) in [4.78, 5) is 59.6. The van der Waals surface area contributed by atoms with Gasteiger partial charge in [-0.15, -0.1) is 0 Å². The highest BCUT2D eigenvalue weighted by atomic mass is 16.6. The zero-order chi connectivity index (χ0) is 26.0. The molecule has 0 bridgehead atoms. The second kappa shape index (κ2) is 13.1. The number of nitro groups is 1. The molecule has 2 amide bonds. The maximum atomic E-state index is 12.9. The van der Waals surface area contributed by atoms with Gasteiger partial charge in [0.15, 0.2) is 0 Å². The number of carbonyl (C=O) groups excluding carboxylic acids is 3. The number of para-hydroxylation sites is 1. The normalized spacial score (nSPS) is 13.5. The molecule has 1 unspecified atom stereocenters. The van der Waals surface area contributed by atoms with Crippen molar-refractivity contribution in [2.75, 3.05) is 7.11 Å². The zero-order valence-electron chi connectivity index (χ0n) is 19.8. The van der Waals surface area contributed by atoms with Gasteiger partial charge in [-0.3, -0.25) is 14.9 Å². The molecule has 3 atom stereocenters. The number of amides is 2. The van der Waals surface area contributed by atoms with Gasteiger partial charge >= 0.3 is 18.0 Å². The van der Waals surface area contributed by atoms with E-state index in [1.165, 1.54) is 19.2 Å². The van der Waals surface area contributed by atoms with Gasteiger partial charge in [0, 0.05) is 6.07 Å². The van der Waals surface area contributed by atoms with Crippen LogP contribution in [0.4, 0.5) is 10.5 Å². The second-order valence-electron chi connectivity index (χ2n) is 8.48. The van der Waals surface area contributed by atoms with E-state index in [-0.39, 0.29) is 23.8 Å². The Balaban J connectivity index is 3.07. The van der Waals surface area contributed by atoms with Crippen molar-refractivity contribution in [2.24, 2.45) is 11.8 Å². The Morgan fingerprint density at radius 3 is 2.06 bits per heavy atom. The summed E-state index contributed by atoms with van der Waals surface area (Å²) in [5.41, 5.74) is -0.864. The van der Waals surface area contributed by atoms with E-state index in [0.29, 0.717) is 6.42 Å². The summed E-state index contributed by atoms with van der Waals surface area (Å²) in [5, 5.41) is 25.6. The Hall–Kier alpha value is -3.70. The molecule has 0 aromatic heterocycles. The van der Waals surface area contributed by atoms with Crippen molar-refractivity contribution in [1.29, 1.82) is 0 Å². The predicted octanol–water partition coefficient (Wildman–Crippen LogP) is 2.57. The lowest BCUT2D eigenvalue weighted by Gasteiger charge is -2.24. The molecule has 0 saturated carbocycles. The molecule has 0 aliphatic heterocycles. The fourth-order valence-corrected chi connectivity index (χ4v) is 3.21. The fraction of sp³-hybridized carbons (Fsp3) is 0.545. The molecular weight excluding hydrogens is 450 g/mol. The summed E-state index contributed by atoms with van der Waals surface area (Å²) in [6.45, 7) is 7.31. The van der Waals surface area contributed by atoms with Crippen LogP contribution in [0, 0.1) is 22.0 Å². The van der Waals surface area contributed by atoms with Crippen LogP contribution in [-0.2, 0) is 23.9 Å². The van der Waals surface area contributed by atoms with Gasteiger partial charge in [0.2, 0.25) is 12.0 Å². The molecule has 0 saturated heterocycles. The predicted molar refractivity (Wildman–Crippen MR) is 120 cm³/mol. The molecular formula is C22H31N3O9. The van der Waals surface area contributed by atoms with E-state index in [9.17, 15) is 34.4 Å². The third-order valence-corrected chi connectivity index (χ3v) is 4.69. The van der Waals surface area contributed by atoms with E-state index in [1.807, 2.05) is 13.8 Å². The lowest BCUT2D eigenvalue weighted by molar-refractivity contribution is -0.386. The Morgan fingerprint density at radius 2 is 1.56 bits per heavy atom. The summed E-state index contributed by atoms with van der Waals surface area (Å²) < 4.78 is 9.69. The smallest absolute Gasteiger partial charge is 0.408 e. The van der Waals surface area contributed by atoms with E-state index in [4.69, 9.17) is 9.47 Å². The van der Waals surface area contributed by atoms with Gasteiger partial charge in [-0.2, -0.15) is 0 Å². The first-order valence-corrected chi connectivity index (χ1v) is 10.7. The minimum absolute atomic E-state index is 0.0591. The van der Waals surface area contributed by atoms with E-state index in [2.05, 4.69) is 10.6 Å². The van der Waals surface area contributed by atoms with E-state index >= 15 is 0 Å². The molecule has 1 aromatic rings. The third kappa shape index (κ3) is 8.68. The number of ether oxygens (including phenoxy) is 2. The molecule has 0 radical (unpaired) electrons. The number of esters is 1. The standard InChI is InChI=1S/C22H31N3O9/c1-12(2)10-15(19(26)23-16(11-13(3)4)21(29)33-5)24-22(30)34-18(20(27)28)14-8-6-7-9-17(14)25(31)32/h6-9,12-13,15-16,18H,10-11H2,1-5H3,(H,23,26)(H,24,30)(H,27,28)/t15-,16-,18?/m0/s1. The van der Waals surface area contributed by atoms with Gasteiger partial charge in [-0.25, -0.2) is 14.4 Å². The average Bonchev–Trinajstić information content (AvgIpc) is 2.75. The van der Waals surface area contributed by atoms with E-state index in [0.717, 1.165) is 12.1 Å². The molecule has 1 rings (SSSR count). The van der Waals surface area contributed by atoms with Gasteiger partial charge in [0.1, 0.15) is 12.1 Å². The topological polar surface area (TPSA) is 174 Å². The first-order valence-electron chi connectivity index (χ1n) is 10.7. The minimum atomic E-state index is -1.98. The summed E-state index contributed by atoms with van der Waals surface area (Å²) in [5.74, 6) is -2.96. The molecule has 1 aromatic carbocycles. The number of carboxylic acids is 1. The van der Waals surface area contributed by atoms with Gasteiger partial charge in [0.05, 0.1) is 17.6 Å². The van der Waals surface area contributed by atoms with Crippen molar-refractivity contribution >= 4 is 29.6 Å². The molecule has 188 valence electrons. The third-order valence-electron chi connectivity index (χ3n) is 4.69. The summed E-state index contributed by atoms with van der Waals surface area (Å²) in [6, 6.07) is 2.86. The maximum Gasteiger partial charge on any atom is 0.408 e. The lowest BCUT2D eigenvalue weighted by Crippen LogP contribution is -2.52. The highest BCUT2D eigenvalue weighted by molar-refractivity contribution is 5.90. The molecule has 34 heavy (non-hydrogen) atoms. The van der Waals surface area contributed by atoms with E-state index in [1.54, 1.807) is 13.8 Å². The highest BCUT2D eigenvalue weighted by Gasteiger charge is 2.33. The fourth-order valence-electron chi connectivity index (χ4n) is 3.21. The van der Waals surface area contributed by atoms with Crippen molar-refractivity contribution in [2.45, 2.75) is 58.7 Å². The van der Waals surface area contributed by atoms with E-state index < -0.39 is 52.7 Å². The van der Waals surface area contributed by atoms with Crippen LogP contribution in [0.25, 0.3) is 0 Å². The summed E-state index contributed by atoms with van der Waals surface area (Å²) in [7, 11) is 1.19. The summed E-state index contributed by atoms with van der Waals surface area (Å²) >= 11 is 0. The van der Waals surface area contributed by atoms with Crippen molar-refractivity contribution in [3.8, 4) is 0 Å². The number of hydrogen-bond acceptors (Lipinski definition) is 8. The number of aliphatic carboxylic acids is 1. The molecule has 12 nitrogen and oxygen atoms in total. The molecule has 0 aliphatic carbocycles. The molecule has 12 heteroatoms. The van der Waals surface area contributed by atoms with Crippen LogP contribution >= 0.6 is 0 Å². The highest BCUT2D eigenvalue weighted by Crippen LogP contribution is 2.28. The Labute approximate surface area is 197 Å². The van der Waals surface area contributed by atoms with Crippen LogP contribution in [-0.4, -0.2) is 53.2 Å². The van der Waals surface area contributed by atoms with Gasteiger partial charge in [0.25, 0.3) is 5.69 Å². The van der Waals surface area contributed by atoms with Crippen molar-refractivity contribution in [3.63, 3.8) is 0 Å². The van der Waals surface area contributed by atoms with Crippen molar-refractivity contribution in [3.05, 3.63) is 39.9 Å². The number of rotatable bonds is 12. The maximum absolute atomic E-state index is 12.9. The number of carbonyl (C=O) groups is 4. The SMILES string of the molecule is COC(=O)[C@H](CC(C)C)NC(=O)[C@H](CC(C)C)NC(=O)OC(C(=O)O)c1ccccc1[N+](=O)[O-]. The monoisotopic (exact) mass is 481 g/mol. The molecule has 0 heterocycles. The Morgan fingerprint density at radius 1 is 1.00 bits per heavy atom. The van der Waals surface area contributed by atoms with Crippen LogP contribution in [0.15, 0.2) is 24.3 Å². The average molecular weight is 482 g/mol. The first kappa shape index (κ1) is 28.3.